The van der Waals surface area contributed by atoms with Gasteiger partial charge < -0.3 is 5.11 Å². The van der Waals surface area contributed by atoms with Gasteiger partial charge in [0.15, 0.2) is 0 Å². The lowest BCUT2D eigenvalue weighted by Gasteiger charge is -2.07. The number of hydrogen-bond acceptors (Lipinski definition) is 1. The van der Waals surface area contributed by atoms with Crippen LogP contribution in [0, 0.1) is 0 Å². The maximum atomic E-state index is 10.8. The third-order valence-electron chi connectivity index (χ3n) is 2.96. The molecule has 2 nitrogen and oxygen atoms in total. The van der Waals surface area contributed by atoms with Gasteiger partial charge in [-0.25, -0.2) is 4.79 Å². The van der Waals surface area contributed by atoms with E-state index in [1.54, 1.807) is 0 Å². The van der Waals surface area contributed by atoms with Crippen LogP contribution in [-0.4, -0.2) is 11.1 Å². The van der Waals surface area contributed by atoms with Gasteiger partial charge in [-0.2, -0.15) is 0 Å². The molecule has 0 aromatic heterocycles. The molecule has 0 fully saturated rings. The molecule has 2 heteroatoms. The van der Waals surface area contributed by atoms with Crippen LogP contribution in [0.4, 0.5) is 0 Å². The second-order valence-corrected chi connectivity index (χ2v) is 4.56. The van der Waals surface area contributed by atoms with E-state index in [-0.39, 0.29) is 0 Å². The topological polar surface area (TPSA) is 37.3 Å². The second kappa shape index (κ2) is 7.70. The number of unbranched alkanes of at least 4 members (excludes halogenated alkanes) is 1. The molecule has 1 aromatic rings. The summed E-state index contributed by atoms with van der Waals surface area (Å²) in [7, 11) is 0. The molecular formula is C16H22O2. The summed E-state index contributed by atoms with van der Waals surface area (Å²) in [5.74, 6) is -0.867. The molecule has 0 spiro atoms. The summed E-state index contributed by atoms with van der Waals surface area (Å²) in [6.45, 7) is 4.24. The number of carbonyl (C=O) groups is 1. The monoisotopic (exact) mass is 246 g/mol. The highest BCUT2D eigenvalue weighted by Gasteiger charge is 2.03. The van der Waals surface area contributed by atoms with Crippen molar-refractivity contribution in [3.63, 3.8) is 0 Å². The van der Waals surface area contributed by atoms with Crippen molar-refractivity contribution in [3.05, 3.63) is 41.5 Å². The first-order valence-electron chi connectivity index (χ1n) is 6.70. The van der Waals surface area contributed by atoms with Crippen molar-refractivity contribution in [3.8, 4) is 0 Å². The van der Waals surface area contributed by atoms with Gasteiger partial charge in [-0.05, 0) is 36.0 Å². The van der Waals surface area contributed by atoms with E-state index >= 15 is 0 Å². The molecule has 0 aliphatic heterocycles. The Kier molecular flexibility index (Phi) is 6.20. The van der Waals surface area contributed by atoms with Crippen molar-refractivity contribution in [2.45, 2.75) is 46.0 Å². The van der Waals surface area contributed by atoms with Crippen LogP contribution in [0.3, 0.4) is 0 Å². The predicted octanol–water partition coefficient (Wildman–Crippen LogP) is 4.30. The molecule has 0 bridgehead atoms. The molecule has 98 valence electrons. The zero-order valence-corrected chi connectivity index (χ0v) is 11.3. The molecule has 1 N–H and O–H groups in total. The number of allylic oxidation sites excluding steroid dienone is 1. The zero-order chi connectivity index (χ0) is 13.4. The van der Waals surface area contributed by atoms with Crippen molar-refractivity contribution in [2.75, 3.05) is 0 Å². The summed E-state index contributed by atoms with van der Waals surface area (Å²) in [4.78, 5) is 10.8. The highest BCUT2D eigenvalue weighted by molar-refractivity contribution is 5.90. The normalized spacial score (nSPS) is 11.6. The van der Waals surface area contributed by atoms with E-state index in [0.29, 0.717) is 0 Å². The van der Waals surface area contributed by atoms with Crippen molar-refractivity contribution in [1.82, 2.24) is 0 Å². The van der Waals surface area contributed by atoms with Crippen LogP contribution in [0.15, 0.2) is 30.3 Å². The van der Waals surface area contributed by atoms with Gasteiger partial charge >= 0.3 is 5.97 Å². The molecule has 18 heavy (non-hydrogen) atoms. The minimum Gasteiger partial charge on any atom is -0.478 e. The SMILES string of the molecule is CCCCc1ccc(/C(=C/C(=O)O)CCC)cc1. The van der Waals surface area contributed by atoms with E-state index in [4.69, 9.17) is 5.11 Å². The maximum Gasteiger partial charge on any atom is 0.328 e. The summed E-state index contributed by atoms with van der Waals surface area (Å²) in [6, 6.07) is 8.29. The number of carboxylic acids is 1. The number of carboxylic acid groups (broad SMARTS) is 1. The van der Waals surface area contributed by atoms with Gasteiger partial charge in [0.1, 0.15) is 0 Å². The van der Waals surface area contributed by atoms with Crippen molar-refractivity contribution in [1.29, 1.82) is 0 Å². The van der Waals surface area contributed by atoms with Gasteiger partial charge in [-0.1, -0.05) is 51.0 Å². The van der Waals surface area contributed by atoms with Gasteiger partial charge in [-0.3, -0.25) is 0 Å². The number of aryl methyl sites for hydroxylation is 1. The number of hydrogen-bond donors (Lipinski definition) is 1. The standard InChI is InChI=1S/C16H22O2/c1-3-5-7-13-8-10-14(11-9-13)15(6-4-2)12-16(17)18/h8-12H,3-7H2,1-2H3,(H,17,18)/b15-12+. The highest BCUT2D eigenvalue weighted by atomic mass is 16.4. The van der Waals surface area contributed by atoms with Gasteiger partial charge in [0.05, 0.1) is 0 Å². The average Bonchev–Trinajstić information content (AvgIpc) is 2.36. The second-order valence-electron chi connectivity index (χ2n) is 4.56. The summed E-state index contributed by atoms with van der Waals surface area (Å²) in [5, 5.41) is 8.87. The van der Waals surface area contributed by atoms with Crippen LogP contribution in [0.25, 0.3) is 5.57 Å². The van der Waals surface area contributed by atoms with E-state index in [1.165, 1.54) is 24.5 Å². The van der Waals surface area contributed by atoms with E-state index in [1.807, 2.05) is 12.1 Å². The Bertz CT molecular complexity index is 402. The molecule has 1 rings (SSSR count). The molecule has 1 aromatic carbocycles. The average molecular weight is 246 g/mol. The Morgan fingerprint density at radius 1 is 1.17 bits per heavy atom. The fourth-order valence-corrected chi connectivity index (χ4v) is 1.98. The molecule has 0 atom stereocenters. The van der Waals surface area contributed by atoms with Crippen molar-refractivity contribution in [2.24, 2.45) is 0 Å². The molecule has 0 heterocycles. The predicted molar refractivity (Wildman–Crippen MR) is 75.6 cm³/mol. The Hall–Kier alpha value is -1.57. The number of aliphatic carboxylic acids is 1. The highest BCUT2D eigenvalue weighted by Crippen LogP contribution is 2.20. The lowest BCUT2D eigenvalue weighted by molar-refractivity contribution is -0.131. The molecule has 0 saturated carbocycles. The van der Waals surface area contributed by atoms with Gasteiger partial charge in [0.25, 0.3) is 0 Å². The van der Waals surface area contributed by atoms with E-state index < -0.39 is 5.97 Å². The lowest BCUT2D eigenvalue weighted by atomic mass is 9.98. The molecular weight excluding hydrogens is 224 g/mol. The van der Waals surface area contributed by atoms with Gasteiger partial charge in [-0.15, -0.1) is 0 Å². The van der Waals surface area contributed by atoms with E-state index in [2.05, 4.69) is 26.0 Å². The van der Waals surface area contributed by atoms with Crippen LogP contribution in [-0.2, 0) is 11.2 Å². The first-order chi connectivity index (χ1) is 8.67. The number of rotatable bonds is 7. The molecule has 0 aliphatic carbocycles. The Morgan fingerprint density at radius 3 is 2.33 bits per heavy atom. The summed E-state index contributed by atoms with van der Waals surface area (Å²) in [5.41, 5.74) is 3.26. The lowest BCUT2D eigenvalue weighted by Crippen LogP contribution is -1.93. The van der Waals surface area contributed by atoms with Crippen LogP contribution in [0.5, 0.6) is 0 Å². The fourth-order valence-electron chi connectivity index (χ4n) is 1.98. The first kappa shape index (κ1) is 14.5. The molecule has 0 amide bonds. The van der Waals surface area contributed by atoms with E-state index in [0.717, 1.165) is 30.4 Å². The Labute approximate surface area is 109 Å². The molecule has 0 unspecified atom stereocenters. The minimum atomic E-state index is -0.867. The minimum absolute atomic E-state index is 0.806. The zero-order valence-electron chi connectivity index (χ0n) is 11.3. The smallest absolute Gasteiger partial charge is 0.328 e. The van der Waals surface area contributed by atoms with Crippen molar-refractivity contribution >= 4 is 11.5 Å². The summed E-state index contributed by atoms with van der Waals surface area (Å²) in [6.07, 6.45) is 6.58. The van der Waals surface area contributed by atoms with Crippen LogP contribution < -0.4 is 0 Å². The summed E-state index contributed by atoms with van der Waals surface area (Å²) < 4.78 is 0. The Balaban J connectivity index is 2.83. The van der Waals surface area contributed by atoms with E-state index in [9.17, 15) is 4.79 Å². The summed E-state index contributed by atoms with van der Waals surface area (Å²) >= 11 is 0. The van der Waals surface area contributed by atoms with Crippen LogP contribution in [0.2, 0.25) is 0 Å². The van der Waals surface area contributed by atoms with Crippen molar-refractivity contribution < 1.29 is 9.90 Å². The fraction of sp³-hybridized carbons (Fsp3) is 0.438. The van der Waals surface area contributed by atoms with Crippen LogP contribution >= 0.6 is 0 Å². The third-order valence-corrected chi connectivity index (χ3v) is 2.96. The third kappa shape index (κ3) is 4.74. The quantitative estimate of drug-likeness (QED) is 0.728. The Morgan fingerprint density at radius 2 is 1.83 bits per heavy atom. The molecule has 0 radical (unpaired) electrons. The van der Waals surface area contributed by atoms with Crippen LogP contribution in [0.1, 0.15) is 50.7 Å². The van der Waals surface area contributed by atoms with Gasteiger partial charge in [0.2, 0.25) is 0 Å². The van der Waals surface area contributed by atoms with Gasteiger partial charge in [0, 0.05) is 6.08 Å². The largest absolute Gasteiger partial charge is 0.478 e. The number of benzene rings is 1. The first-order valence-corrected chi connectivity index (χ1v) is 6.70. The maximum absolute atomic E-state index is 10.8. The molecule has 0 saturated heterocycles. The molecule has 0 aliphatic rings.